The molecule has 2 aromatic rings. The highest BCUT2D eigenvalue weighted by molar-refractivity contribution is 9.10. The summed E-state index contributed by atoms with van der Waals surface area (Å²) in [7, 11) is 0. The molecule has 2 rings (SSSR count). The van der Waals surface area contributed by atoms with Crippen molar-refractivity contribution in [2.75, 3.05) is 5.32 Å². The first-order chi connectivity index (χ1) is 9.50. The van der Waals surface area contributed by atoms with Crippen LogP contribution in [-0.4, -0.2) is 4.92 Å². The molecule has 0 spiro atoms. The molecule has 0 atom stereocenters. The molecule has 0 aromatic heterocycles. The summed E-state index contributed by atoms with van der Waals surface area (Å²) in [5.41, 5.74) is 1.37. The van der Waals surface area contributed by atoms with Crippen LogP contribution in [-0.2, 0) is 6.54 Å². The first-order valence-electron chi connectivity index (χ1n) is 5.60. The van der Waals surface area contributed by atoms with Crippen molar-refractivity contribution in [1.82, 2.24) is 0 Å². The summed E-state index contributed by atoms with van der Waals surface area (Å²) in [5, 5.41) is 15.0. The average Bonchev–Trinajstić information content (AvgIpc) is 2.39. The van der Waals surface area contributed by atoms with Crippen molar-refractivity contribution in [1.29, 1.82) is 0 Å². The number of benzene rings is 2. The zero-order valence-electron chi connectivity index (χ0n) is 10.1. The molecular formula is C13H9BrCl2N2O2. The van der Waals surface area contributed by atoms with Gasteiger partial charge in [0.15, 0.2) is 0 Å². The van der Waals surface area contributed by atoms with Gasteiger partial charge in [0, 0.05) is 12.6 Å². The molecular weight excluding hydrogens is 367 g/mol. The van der Waals surface area contributed by atoms with Crippen molar-refractivity contribution in [2.45, 2.75) is 6.54 Å². The van der Waals surface area contributed by atoms with Crippen LogP contribution in [0.2, 0.25) is 10.0 Å². The number of nitrogens with zero attached hydrogens (tertiary/aromatic N) is 1. The number of nitro benzene ring substituents is 1. The molecule has 0 radical (unpaired) electrons. The van der Waals surface area contributed by atoms with Crippen molar-refractivity contribution in [3.8, 4) is 0 Å². The summed E-state index contributed by atoms with van der Waals surface area (Å²) in [5.74, 6) is 0. The van der Waals surface area contributed by atoms with Crippen LogP contribution >= 0.6 is 39.1 Å². The fourth-order valence-corrected chi connectivity index (χ4v) is 2.77. The Labute approximate surface area is 134 Å². The van der Waals surface area contributed by atoms with E-state index in [9.17, 15) is 10.1 Å². The van der Waals surface area contributed by atoms with Crippen LogP contribution in [0.3, 0.4) is 0 Å². The lowest BCUT2D eigenvalue weighted by atomic mass is 10.2. The summed E-state index contributed by atoms with van der Waals surface area (Å²) >= 11 is 15.3. The highest BCUT2D eigenvalue weighted by Gasteiger charge is 2.15. The molecule has 0 aliphatic rings. The first-order valence-corrected chi connectivity index (χ1v) is 7.15. The van der Waals surface area contributed by atoms with Gasteiger partial charge < -0.3 is 5.32 Å². The van der Waals surface area contributed by atoms with Crippen LogP contribution < -0.4 is 5.32 Å². The monoisotopic (exact) mass is 374 g/mol. The third-order valence-corrected chi connectivity index (χ3v) is 4.22. The zero-order valence-corrected chi connectivity index (χ0v) is 13.2. The van der Waals surface area contributed by atoms with E-state index >= 15 is 0 Å². The van der Waals surface area contributed by atoms with E-state index in [1.165, 1.54) is 6.07 Å². The maximum atomic E-state index is 10.9. The third-order valence-electron chi connectivity index (χ3n) is 2.67. The van der Waals surface area contributed by atoms with Crippen LogP contribution in [0.5, 0.6) is 0 Å². The Morgan fingerprint density at radius 3 is 2.35 bits per heavy atom. The lowest BCUT2D eigenvalue weighted by Gasteiger charge is -2.11. The summed E-state index contributed by atoms with van der Waals surface area (Å²) in [4.78, 5) is 10.4. The van der Waals surface area contributed by atoms with Crippen molar-refractivity contribution < 1.29 is 4.92 Å². The normalized spacial score (nSPS) is 10.3. The molecule has 0 unspecified atom stereocenters. The van der Waals surface area contributed by atoms with E-state index in [-0.39, 0.29) is 5.69 Å². The highest BCUT2D eigenvalue weighted by atomic mass is 79.9. The second kappa shape index (κ2) is 6.43. The predicted molar refractivity (Wildman–Crippen MR) is 84.6 cm³/mol. The Kier molecular flexibility index (Phi) is 4.86. The summed E-state index contributed by atoms with van der Waals surface area (Å²) in [6, 6.07) is 10.1. The second-order valence-corrected chi connectivity index (χ2v) is 5.56. The van der Waals surface area contributed by atoms with Gasteiger partial charge in [0.05, 0.1) is 20.7 Å². The Morgan fingerprint density at radius 1 is 1.15 bits per heavy atom. The van der Waals surface area contributed by atoms with Gasteiger partial charge in [-0.2, -0.15) is 0 Å². The zero-order chi connectivity index (χ0) is 14.7. The molecule has 0 bridgehead atoms. The van der Waals surface area contributed by atoms with Crippen molar-refractivity contribution in [2.24, 2.45) is 0 Å². The van der Waals surface area contributed by atoms with Crippen LogP contribution in [0.25, 0.3) is 0 Å². The van der Waals surface area contributed by atoms with Crippen molar-refractivity contribution in [3.63, 3.8) is 0 Å². The molecule has 104 valence electrons. The van der Waals surface area contributed by atoms with Gasteiger partial charge in [0.1, 0.15) is 4.47 Å². The molecule has 0 saturated heterocycles. The van der Waals surface area contributed by atoms with Gasteiger partial charge in [-0.15, -0.1) is 0 Å². The van der Waals surface area contributed by atoms with Crippen LogP contribution in [0.4, 0.5) is 11.4 Å². The lowest BCUT2D eigenvalue weighted by molar-refractivity contribution is -0.385. The van der Waals surface area contributed by atoms with Gasteiger partial charge in [-0.05, 0) is 33.6 Å². The number of nitro groups is 1. The smallest absolute Gasteiger partial charge is 0.283 e. The Bertz CT molecular complexity index is 645. The fraction of sp³-hybridized carbons (Fsp3) is 0.0769. The van der Waals surface area contributed by atoms with E-state index in [1.807, 2.05) is 0 Å². The van der Waals surface area contributed by atoms with Gasteiger partial charge >= 0.3 is 0 Å². The summed E-state index contributed by atoms with van der Waals surface area (Å²) < 4.78 is 0.445. The quantitative estimate of drug-likeness (QED) is 0.584. The Balaban J connectivity index is 2.24. The van der Waals surface area contributed by atoms with Crippen LogP contribution in [0.1, 0.15) is 5.56 Å². The van der Waals surface area contributed by atoms with E-state index in [4.69, 9.17) is 23.2 Å². The second-order valence-electron chi connectivity index (χ2n) is 3.96. The molecule has 1 N–H and O–H groups in total. The number of halogens is 3. The van der Waals surface area contributed by atoms with Gasteiger partial charge in [0.2, 0.25) is 0 Å². The number of nitrogens with one attached hydrogen (secondary N) is 1. The first kappa shape index (κ1) is 15.1. The summed E-state index contributed by atoms with van der Waals surface area (Å²) in [6.45, 7) is 0.367. The Morgan fingerprint density at radius 2 is 1.75 bits per heavy atom. The molecule has 0 heterocycles. The minimum absolute atomic E-state index is 0.0227. The average molecular weight is 376 g/mol. The number of anilines is 1. The molecule has 4 nitrogen and oxygen atoms in total. The van der Waals surface area contributed by atoms with Crippen LogP contribution in [0.15, 0.2) is 40.9 Å². The number of hydrogen-bond acceptors (Lipinski definition) is 3. The van der Waals surface area contributed by atoms with Gasteiger partial charge in [-0.1, -0.05) is 41.4 Å². The van der Waals surface area contributed by atoms with Crippen LogP contribution in [0, 0.1) is 10.1 Å². The van der Waals surface area contributed by atoms with E-state index in [1.54, 1.807) is 30.3 Å². The fourth-order valence-electron chi connectivity index (χ4n) is 1.69. The van der Waals surface area contributed by atoms with E-state index in [0.717, 1.165) is 5.56 Å². The summed E-state index contributed by atoms with van der Waals surface area (Å²) in [6.07, 6.45) is 0. The van der Waals surface area contributed by atoms with Gasteiger partial charge in [-0.25, -0.2) is 0 Å². The molecule has 0 saturated carbocycles. The molecule has 0 aliphatic carbocycles. The highest BCUT2D eigenvalue weighted by Crippen LogP contribution is 2.32. The lowest BCUT2D eigenvalue weighted by Crippen LogP contribution is -2.02. The van der Waals surface area contributed by atoms with Gasteiger partial charge in [0.25, 0.3) is 5.69 Å². The predicted octanol–water partition coefficient (Wildman–Crippen LogP) is 5.28. The Hall–Kier alpha value is -1.30. The molecule has 2 aromatic carbocycles. The topological polar surface area (TPSA) is 55.2 Å². The molecule has 0 amide bonds. The third kappa shape index (κ3) is 3.23. The maximum absolute atomic E-state index is 10.9. The van der Waals surface area contributed by atoms with E-state index < -0.39 is 4.92 Å². The molecule has 0 aliphatic heterocycles. The molecule has 20 heavy (non-hydrogen) atoms. The number of rotatable bonds is 4. The van der Waals surface area contributed by atoms with Gasteiger partial charge in [-0.3, -0.25) is 10.1 Å². The minimum atomic E-state index is -0.434. The molecule has 0 fully saturated rings. The molecule has 7 heteroatoms. The van der Waals surface area contributed by atoms with E-state index in [0.29, 0.717) is 26.8 Å². The largest absolute Gasteiger partial charge is 0.379 e. The SMILES string of the molecule is O=[N+]([O-])c1cccc(CNc2c(Cl)cccc2Cl)c1Br. The van der Waals surface area contributed by atoms with Crippen molar-refractivity contribution in [3.05, 3.63) is 66.6 Å². The van der Waals surface area contributed by atoms with Crippen molar-refractivity contribution >= 4 is 50.5 Å². The standard InChI is InChI=1S/C13H9BrCl2N2O2/c14-12-8(3-1-6-11(12)18(19)20)7-17-13-9(15)4-2-5-10(13)16/h1-6,17H,7H2. The minimum Gasteiger partial charge on any atom is -0.379 e. The van der Waals surface area contributed by atoms with E-state index in [2.05, 4.69) is 21.2 Å². The number of para-hydroxylation sites is 1. The maximum Gasteiger partial charge on any atom is 0.283 e. The number of hydrogen-bond donors (Lipinski definition) is 1.